The molecule has 1 saturated carbocycles. The summed E-state index contributed by atoms with van der Waals surface area (Å²) < 4.78 is 21.2. The van der Waals surface area contributed by atoms with E-state index in [-0.39, 0.29) is 6.04 Å². The molecule has 1 fully saturated rings. The van der Waals surface area contributed by atoms with Crippen LogP contribution in [0, 0.1) is 0 Å². The van der Waals surface area contributed by atoms with Crippen molar-refractivity contribution in [2.75, 3.05) is 0 Å². The molecular formula is C4H9N2O2S-. The van der Waals surface area contributed by atoms with Gasteiger partial charge in [0, 0.05) is 17.3 Å². The average molecular weight is 149 g/mol. The number of hydrogen-bond acceptors (Lipinski definition) is 3. The highest BCUT2D eigenvalue weighted by molar-refractivity contribution is 7.76. The lowest BCUT2D eigenvalue weighted by molar-refractivity contribution is 0.218. The number of rotatable bonds is 2. The number of nitrogens with two attached hydrogens (primary N) is 1. The number of hydrazine groups is 1. The van der Waals surface area contributed by atoms with Crippen LogP contribution in [0.2, 0.25) is 0 Å². The molecule has 1 unspecified atom stereocenters. The fourth-order valence-corrected chi connectivity index (χ4v) is 1.22. The van der Waals surface area contributed by atoms with Crippen LogP contribution in [0.5, 0.6) is 0 Å². The highest BCUT2D eigenvalue weighted by Crippen LogP contribution is 2.22. The first-order valence-electron chi connectivity index (χ1n) is 2.85. The minimum absolute atomic E-state index is 0.0725. The lowest BCUT2D eigenvalue weighted by atomic mass is 9.94. The van der Waals surface area contributed by atoms with Gasteiger partial charge >= 0.3 is 0 Å². The van der Waals surface area contributed by atoms with Gasteiger partial charge in [-0.2, -0.15) is 4.41 Å². The van der Waals surface area contributed by atoms with E-state index in [0.717, 1.165) is 23.7 Å². The minimum Gasteiger partial charge on any atom is -0.759 e. The van der Waals surface area contributed by atoms with Crippen LogP contribution in [-0.2, 0) is 11.3 Å². The molecule has 5 heteroatoms. The fraction of sp³-hybridized carbons (Fsp3) is 1.00. The first-order chi connectivity index (χ1) is 4.22. The summed E-state index contributed by atoms with van der Waals surface area (Å²) in [6.07, 6.45) is 2.91. The Bertz CT molecular complexity index is 126. The Morgan fingerprint density at radius 1 is 1.67 bits per heavy atom. The number of hydrogen-bond donors (Lipinski definition) is 1. The largest absolute Gasteiger partial charge is 0.759 e. The second-order valence-electron chi connectivity index (χ2n) is 2.16. The lowest BCUT2D eigenvalue weighted by Gasteiger charge is -2.34. The quantitative estimate of drug-likeness (QED) is 0.327. The molecule has 0 spiro atoms. The van der Waals surface area contributed by atoms with Crippen molar-refractivity contribution in [3.8, 4) is 0 Å². The van der Waals surface area contributed by atoms with Crippen molar-refractivity contribution in [1.82, 2.24) is 4.41 Å². The van der Waals surface area contributed by atoms with Gasteiger partial charge in [-0.1, -0.05) is 6.42 Å². The molecule has 54 valence electrons. The van der Waals surface area contributed by atoms with Crippen molar-refractivity contribution in [2.45, 2.75) is 25.3 Å². The van der Waals surface area contributed by atoms with Crippen molar-refractivity contribution in [1.29, 1.82) is 0 Å². The van der Waals surface area contributed by atoms with Crippen molar-refractivity contribution in [2.24, 2.45) is 5.84 Å². The van der Waals surface area contributed by atoms with Gasteiger partial charge in [0.05, 0.1) is 0 Å². The van der Waals surface area contributed by atoms with E-state index in [9.17, 15) is 8.76 Å². The van der Waals surface area contributed by atoms with E-state index in [1.54, 1.807) is 0 Å². The Balaban J connectivity index is 2.32. The topological polar surface area (TPSA) is 69.4 Å². The third kappa shape index (κ3) is 1.48. The lowest BCUT2D eigenvalue weighted by Crippen LogP contribution is -2.45. The van der Waals surface area contributed by atoms with Gasteiger partial charge in [0.15, 0.2) is 0 Å². The summed E-state index contributed by atoms with van der Waals surface area (Å²) >= 11 is -2.23. The zero-order valence-electron chi connectivity index (χ0n) is 4.95. The molecule has 1 aliphatic carbocycles. The van der Waals surface area contributed by atoms with Crippen LogP contribution in [-0.4, -0.2) is 19.2 Å². The first-order valence-corrected chi connectivity index (χ1v) is 3.88. The van der Waals surface area contributed by atoms with E-state index < -0.39 is 11.3 Å². The smallest absolute Gasteiger partial charge is 0.0368 e. The highest BCUT2D eigenvalue weighted by atomic mass is 32.2. The first kappa shape index (κ1) is 7.14. The van der Waals surface area contributed by atoms with Crippen LogP contribution in [0.15, 0.2) is 0 Å². The summed E-state index contributed by atoms with van der Waals surface area (Å²) in [5.41, 5.74) is 0. The van der Waals surface area contributed by atoms with Crippen molar-refractivity contribution < 1.29 is 8.76 Å². The Kier molecular flexibility index (Phi) is 2.18. The van der Waals surface area contributed by atoms with Crippen LogP contribution < -0.4 is 5.84 Å². The van der Waals surface area contributed by atoms with Gasteiger partial charge in [0.25, 0.3) is 0 Å². The van der Waals surface area contributed by atoms with Crippen LogP contribution in [0.1, 0.15) is 19.3 Å². The summed E-state index contributed by atoms with van der Waals surface area (Å²) in [6.45, 7) is 0. The second kappa shape index (κ2) is 2.74. The van der Waals surface area contributed by atoms with Crippen molar-refractivity contribution >= 4 is 11.3 Å². The van der Waals surface area contributed by atoms with Gasteiger partial charge in [0.2, 0.25) is 0 Å². The summed E-state index contributed by atoms with van der Waals surface area (Å²) in [5, 5.41) is 0. The molecule has 1 atom stereocenters. The zero-order chi connectivity index (χ0) is 6.85. The van der Waals surface area contributed by atoms with Gasteiger partial charge in [0.1, 0.15) is 0 Å². The van der Waals surface area contributed by atoms with Crippen LogP contribution in [0.3, 0.4) is 0 Å². The van der Waals surface area contributed by atoms with E-state index in [1.165, 1.54) is 0 Å². The van der Waals surface area contributed by atoms with E-state index >= 15 is 0 Å². The molecule has 1 rings (SSSR count). The molecule has 0 bridgehead atoms. The molecule has 0 aromatic heterocycles. The third-order valence-corrected chi connectivity index (χ3v) is 2.25. The van der Waals surface area contributed by atoms with Crippen molar-refractivity contribution in [3.05, 3.63) is 0 Å². The maximum Gasteiger partial charge on any atom is 0.0368 e. The van der Waals surface area contributed by atoms with Crippen molar-refractivity contribution in [3.63, 3.8) is 0 Å². The Hall–Kier alpha value is 0.0300. The standard InChI is InChI=1S/C4H10N2O2S/c5-6(9(7)8)4-2-1-3-4/h4H,1-3,5H2,(H,7,8)/p-1. The van der Waals surface area contributed by atoms with Crippen LogP contribution >= 0.6 is 0 Å². The normalized spacial score (nSPS) is 23.9. The van der Waals surface area contributed by atoms with Gasteiger partial charge in [-0.25, -0.2) is 0 Å². The van der Waals surface area contributed by atoms with Crippen LogP contribution in [0.25, 0.3) is 0 Å². The molecule has 0 aromatic carbocycles. The SMILES string of the molecule is NN(C1CCC1)S(=O)[O-]. The van der Waals surface area contributed by atoms with Crippen LogP contribution in [0.4, 0.5) is 0 Å². The molecule has 0 aliphatic heterocycles. The van der Waals surface area contributed by atoms with Gasteiger partial charge in [-0.15, -0.1) is 0 Å². The third-order valence-electron chi connectivity index (χ3n) is 1.61. The molecule has 0 aromatic rings. The van der Waals surface area contributed by atoms with Gasteiger partial charge in [-0.3, -0.25) is 10.1 Å². The van der Waals surface area contributed by atoms with E-state index in [4.69, 9.17) is 5.84 Å². The predicted octanol–water partition coefficient (Wildman–Crippen LogP) is -0.491. The molecule has 0 amide bonds. The highest BCUT2D eigenvalue weighted by Gasteiger charge is 2.22. The molecule has 1 aliphatic rings. The van der Waals surface area contributed by atoms with Gasteiger partial charge in [-0.05, 0) is 12.8 Å². The minimum atomic E-state index is -2.23. The molecule has 4 nitrogen and oxygen atoms in total. The van der Waals surface area contributed by atoms with Gasteiger partial charge < -0.3 is 4.55 Å². The predicted molar refractivity (Wildman–Crippen MR) is 32.6 cm³/mol. The summed E-state index contributed by atoms with van der Waals surface area (Å²) in [4.78, 5) is 0. The van der Waals surface area contributed by atoms with E-state index in [0.29, 0.717) is 0 Å². The Morgan fingerprint density at radius 2 is 2.22 bits per heavy atom. The summed E-state index contributed by atoms with van der Waals surface area (Å²) in [5.74, 6) is 5.14. The fourth-order valence-electron chi connectivity index (χ4n) is 0.763. The summed E-state index contributed by atoms with van der Waals surface area (Å²) in [7, 11) is 0. The molecule has 0 radical (unpaired) electrons. The monoisotopic (exact) mass is 149 g/mol. The Labute approximate surface area is 56.4 Å². The Morgan fingerprint density at radius 3 is 2.33 bits per heavy atom. The molecule has 2 N–H and O–H groups in total. The molecular weight excluding hydrogens is 140 g/mol. The molecule has 0 heterocycles. The maximum atomic E-state index is 10.1. The molecule has 9 heavy (non-hydrogen) atoms. The summed E-state index contributed by atoms with van der Waals surface area (Å²) in [6, 6.07) is 0.0725. The maximum absolute atomic E-state index is 10.1. The second-order valence-corrected chi connectivity index (χ2v) is 3.02. The van der Waals surface area contributed by atoms with E-state index in [1.807, 2.05) is 0 Å². The average Bonchev–Trinajstić information content (AvgIpc) is 1.60. The van der Waals surface area contributed by atoms with E-state index in [2.05, 4.69) is 0 Å². The number of nitrogens with zero attached hydrogens (tertiary/aromatic N) is 1. The zero-order valence-corrected chi connectivity index (χ0v) is 5.76. The molecule has 0 saturated heterocycles.